The summed E-state index contributed by atoms with van der Waals surface area (Å²) in [5.41, 5.74) is -0.350. The lowest BCUT2D eigenvalue weighted by atomic mass is 9.84. The molecule has 1 heterocycles. The number of nitrogens with zero attached hydrogens (tertiary/aromatic N) is 1. The number of hydrogen-bond donors (Lipinski definition) is 1. The van der Waals surface area contributed by atoms with E-state index >= 15 is 0 Å². The fourth-order valence-corrected chi connectivity index (χ4v) is 5.75. The first-order chi connectivity index (χ1) is 14.5. The van der Waals surface area contributed by atoms with E-state index in [9.17, 15) is 17.6 Å². The van der Waals surface area contributed by atoms with Crippen molar-refractivity contribution in [3.05, 3.63) is 63.4 Å². The van der Waals surface area contributed by atoms with Gasteiger partial charge < -0.3 is 10.1 Å². The van der Waals surface area contributed by atoms with E-state index in [2.05, 4.69) is 5.32 Å². The number of halogens is 3. The summed E-state index contributed by atoms with van der Waals surface area (Å²) in [6.45, 7) is 4.77. The van der Waals surface area contributed by atoms with E-state index in [1.807, 2.05) is 13.8 Å². The van der Waals surface area contributed by atoms with Crippen LogP contribution in [-0.2, 0) is 20.2 Å². The third-order valence-corrected chi connectivity index (χ3v) is 7.65. The van der Waals surface area contributed by atoms with Gasteiger partial charge in [0.15, 0.2) is 0 Å². The topological polar surface area (TPSA) is 75.7 Å². The Morgan fingerprint density at radius 2 is 1.77 bits per heavy atom. The highest BCUT2D eigenvalue weighted by molar-refractivity contribution is 7.89. The molecule has 168 valence electrons. The molecule has 3 rings (SSSR count). The van der Waals surface area contributed by atoms with Gasteiger partial charge in [-0.1, -0.05) is 43.1 Å². The molecule has 0 aliphatic carbocycles. The number of nitrogens with one attached hydrogen (secondary N) is 1. The molecule has 10 heteroatoms. The van der Waals surface area contributed by atoms with Gasteiger partial charge in [-0.15, -0.1) is 0 Å². The third kappa shape index (κ3) is 5.21. The number of benzene rings is 2. The zero-order chi connectivity index (χ0) is 22.8. The quantitative estimate of drug-likeness (QED) is 0.669. The molecule has 0 atom stereocenters. The highest BCUT2D eigenvalue weighted by Gasteiger charge is 2.30. The molecule has 1 amide bonds. The van der Waals surface area contributed by atoms with Gasteiger partial charge in [0.1, 0.15) is 5.82 Å². The Kier molecular flexibility index (Phi) is 7.28. The Morgan fingerprint density at radius 1 is 1.16 bits per heavy atom. The summed E-state index contributed by atoms with van der Waals surface area (Å²) < 4.78 is 46.5. The van der Waals surface area contributed by atoms with Crippen LogP contribution in [0.4, 0.5) is 4.39 Å². The second-order valence-electron chi connectivity index (χ2n) is 7.82. The summed E-state index contributed by atoms with van der Waals surface area (Å²) in [5, 5.41) is 3.58. The number of rotatable bonds is 6. The maximum atomic E-state index is 14.4. The van der Waals surface area contributed by atoms with Crippen molar-refractivity contribution in [1.29, 1.82) is 0 Å². The summed E-state index contributed by atoms with van der Waals surface area (Å²) in [4.78, 5) is 12.6. The van der Waals surface area contributed by atoms with Crippen LogP contribution in [0.3, 0.4) is 0 Å². The molecule has 6 nitrogen and oxygen atoms in total. The van der Waals surface area contributed by atoms with Crippen LogP contribution >= 0.6 is 23.2 Å². The average Bonchev–Trinajstić information content (AvgIpc) is 2.72. The zero-order valence-corrected chi connectivity index (χ0v) is 19.5. The van der Waals surface area contributed by atoms with Gasteiger partial charge in [0.05, 0.1) is 23.7 Å². The van der Waals surface area contributed by atoms with E-state index in [1.54, 1.807) is 18.2 Å². The van der Waals surface area contributed by atoms with Gasteiger partial charge in [-0.25, -0.2) is 12.8 Å². The minimum Gasteiger partial charge on any atom is -0.379 e. The molecule has 1 aliphatic rings. The average molecular weight is 489 g/mol. The van der Waals surface area contributed by atoms with Crippen molar-refractivity contribution in [1.82, 2.24) is 9.62 Å². The minimum atomic E-state index is -3.86. The second kappa shape index (κ2) is 9.42. The SMILES string of the molecule is CC(C)(CNC(=O)c1cc(S(=O)(=O)N2CCOCC2)ccc1F)c1c(Cl)cccc1Cl. The fraction of sp³-hybridized carbons (Fsp3) is 0.381. The highest BCUT2D eigenvalue weighted by atomic mass is 35.5. The van der Waals surface area contributed by atoms with Crippen molar-refractivity contribution in [3.63, 3.8) is 0 Å². The summed E-state index contributed by atoms with van der Waals surface area (Å²) in [7, 11) is -3.86. The first-order valence-electron chi connectivity index (χ1n) is 9.64. The third-order valence-electron chi connectivity index (χ3n) is 5.12. The molecule has 0 saturated carbocycles. The van der Waals surface area contributed by atoms with Crippen LogP contribution in [0.2, 0.25) is 10.0 Å². The number of carbonyl (C=O) groups excluding carboxylic acids is 1. The number of sulfonamides is 1. The van der Waals surface area contributed by atoms with Gasteiger partial charge in [0, 0.05) is 35.1 Å². The maximum absolute atomic E-state index is 14.4. The molecule has 1 aliphatic heterocycles. The first-order valence-corrected chi connectivity index (χ1v) is 11.8. The second-order valence-corrected chi connectivity index (χ2v) is 10.6. The maximum Gasteiger partial charge on any atom is 0.254 e. The predicted molar refractivity (Wildman–Crippen MR) is 118 cm³/mol. The van der Waals surface area contributed by atoms with Crippen molar-refractivity contribution in [2.75, 3.05) is 32.8 Å². The zero-order valence-electron chi connectivity index (χ0n) is 17.1. The molecular formula is C21H23Cl2FN2O4S. The van der Waals surface area contributed by atoms with Crippen molar-refractivity contribution in [2.24, 2.45) is 0 Å². The molecule has 0 bridgehead atoms. The minimum absolute atomic E-state index is 0.106. The van der Waals surface area contributed by atoms with Gasteiger partial charge in [0.25, 0.3) is 5.91 Å². The molecule has 0 aromatic heterocycles. The van der Waals surface area contributed by atoms with Gasteiger partial charge in [0.2, 0.25) is 10.0 Å². The molecule has 2 aromatic rings. The molecular weight excluding hydrogens is 466 g/mol. The number of morpholine rings is 1. The lowest BCUT2D eigenvalue weighted by Gasteiger charge is -2.28. The molecule has 1 fully saturated rings. The Bertz CT molecular complexity index is 1070. The Labute approximate surface area is 191 Å². The lowest BCUT2D eigenvalue weighted by Crippen LogP contribution is -2.41. The number of hydrogen-bond acceptors (Lipinski definition) is 4. The summed E-state index contributed by atoms with van der Waals surface area (Å²) in [6, 6.07) is 8.32. The standard InChI is InChI=1S/C21H23Cl2FN2O4S/c1-21(2,19-16(22)4-3-5-17(19)23)13-25-20(27)15-12-14(6-7-18(15)24)31(28,29)26-8-10-30-11-9-26/h3-7,12H,8-11,13H2,1-2H3,(H,25,27). The highest BCUT2D eigenvalue weighted by Crippen LogP contribution is 2.35. The lowest BCUT2D eigenvalue weighted by molar-refractivity contribution is 0.0730. The smallest absolute Gasteiger partial charge is 0.254 e. The normalized spacial score (nSPS) is 15.6. The van der Waals surface area contributed by atoms with E-state index in [0.29, 0.717) is 15.6 Å². The van der Waals surface area contributed by atoms with Gasteiger partial charge in [-0.3, -0.25) is 4.79 Å². The van der Waals surface area contributed by atoms with E-state index in [0.717, 1.165) is 18.2 Å². The molecule has 0 unspecified atom stereocenters. The van der Waals surface area contributed by atoms with Crippen LogP contribution in [0, 0.1) is 5.82 Å². The van der Waals surface area contributed by atoms with Crippen LogP contribution in [0.25, 0.3) is 0 Å². The van der Waals surface area contributed by atoms with Crippen LogP contribution in [0.15, 0.2) is 41.3 Å². The molecule has 1 saturated heterocycles. The molecule has 1 N–H and O–H groups in total. The van der Waals surface area contributed by atoms with Crippen molar-refractivity contribution < 1.29 is 22.3 Å². The molecule has 0 spiro atoms. The Balaban J connectivity index is 1.81. The number of carbonyl (C=O) groups is 1. The largest absolute Gasteiger partial charge is 0.379 e. The van der Waals surface area contributed by atoms with Crippen LogP contribution in [-0.4, -0.2) is 51.5 Å². The molecule has 31 heavy (non-hydrogen) atoms. The Morgan fingerprint density at radius 3 is 2.39 bits per heavy atom. The van der Waals surface area contributed by atoms with E-state index in [4.69, 9.17) is 27.9 Å². The van der Waals surface area contributed by atoms with E-state index in [-0.39, 0.29) is 43.3 Å². The van der Waals surface area contributed by atoms with Gasteiger partial charge in [-0.2, -0.15) is 4.31 Å². The van der Waals surface area contributed by atoms with Crippen molar-refractivity contribution in [3.8, 4) is 0 Å². The van der Waals surface area contributed by atoms with Crippen LogP contribution < -0.4 is 5.32 Å². The monoisotopic (exact) mass is 488 g/mol. The molecule has 0 radical (unpaired) electrons. The van der Waals surface area contributed by atoms with Crippen molar-refractivity contribution in [2.45, 2.75) is 24.2 Å². The first kappa shape index (κ1) is 23.9. The van der Waals surface area contributed by atoms with Crippen LogP contribution in [0.1, 0.15) is 29.8 Å². The fourth-order valence-electron chi connectivity index (χ4n) is 3.40. The van der Waals surface area contributed by atoms with E-state index in [1.165, 1.54) is 4.31 Å². The van der Waals surface area contributed by atoms with E-state index < -0.39 is 27.2 Å². The number of amides is 1. The van der Waals surface area contributed by atoms with Gasteiger partial charge >= 0.3 is 0 Å². The summed E-state index contributed by atoms with van der Waals surface area (Å²) in [5.74, 6) is -1.54. The van der Waals surface area contributed by atoms with Crippen LogP contribution in [0.5, 0.6) is 0 Å². The molecule has 2 aromatic carbocycles. The number of ether oxygens (including phenoxy) is 1. The van der Waals surface area contributed by atoms with Gasteiger partial charge in [-0.05, 0) is 35.9 Å². The summed E-state index contributed by atoms with van der Waals surface area (Å²) >= 11 is 12.6. The summed E-state index contributed by atoms with van der Waals surface area (Å²) in [6.07, 6.45) is 0. The van der Waals surface area contributed by atoms with Crippen molar-refractivity contribution >= 4 is 39.1 Å². The predicted octanol–water partition coefficient (Wildman–Crippen LogP) is 3.86. The Hall–Kier alpha value is -1.71.